The van der Waals surface area contributed by atoms with E-state index in [2.05, 4.69) is 57.7 Å². The molecule has 312 valence electrons. The zero-order chi connectivity index (χ0) is 41.5. The molecule has 9 heteroatoms. The largest absolute Gasteiger partial charge is 0.459 e. The average Bonchev–Trinajstić information content (AvgIpc) is 3.25. The van der Waals surface area contributed by atoms with Crippen molar-refractivity contribution in [2.45, 2.75) is 89.9 Å². The van der Waals surface area contributed by atoms with E-state index in [9.17, 15) is 10.2 Å². The molecule has 9 nitrogen and oxygen atoms in total. The fourth-order valence-corrected chi connectivity index (χ4v) is 9.86. The summed E-state index contributed by atoms with van der Waals surface area (Å²) in [7, 11) is 1.57. The van der Waals surface area contributed by atoms with Gasteiger partial charge in [-0.25, -0.2) is 0 Å². The van der Waals surface area contributed by atoms with Crippen LogP contribution < -0.4 is 9.47 Å². The quantitative estimate of drug-likeness (QED) is 0.0586. The smallest absolute Gasteiger partial charge is 0.254 e. The lowest BCUT2D eigenvalue weighted by Crippen LogP contribution is -2.70. The number of carbonyl (C=O) groups excluding carboxylic acids is 1. The van der Waals surface area contributed by atoms with E-state index in [-0.39, 0.29) is 43.5 Å². The SMILES string of the molecule is C=CCOC12Oc3ccc(Oc4ccc(C)c(C)c4)cc3C3C(CCCCO)C(CCCCO)C=C(C(=NOC)CC1N(CCC)C(=O)c1ccc4ccccc4c1)C32. The molecule has 1 saturated carbocycles. The van der Waals surface area contributed by atoms with Crippen LogP contribution in [0.3, 0.4) is 0 Å². The molecule has 6 unspecified atom stereocenters. The number of aryl methyl sites for hydroxylation is 2. The molecule has 4 aromatic rings. The Morgan fingerprint density at radius 2 is 1.68 bits per heavy atom. The molecular formula is C50H60N2O7. The van der Waals surface area contributed by atoms with Crippen LogP contribution in [0.25, 0.3) is 10.8 Å². The Kier molecular flexibility index (Phi) is 13.6. The number of unbranched alkanes of at least 4 members (excludes halogenated alkanes) is 2. The Morgan fingerprint density at radius 1 is 0.932 bits per heavy atom. The molecule has 1 amide bonds. The fraction of sp³-hybridized carbons (Fsp3) is 0.440. The van der Waals surface area contributed by atoms with Crippen molar-refractivity contribution < 1.29 is 34.1 Å². The summed E-state index contributed by atoms with van der Waals surface area (Å²) < 4.78 is 21.1. The minimum atomic E-state index is -1.33. The number of rotatable bonds is 18. The van der Waals surface area contributed by atoms with Crippen LogP contribution in [0, 0.1) is 31.6 Å². The Morgan fingerprint density at radius 3 is 2.41 bits per heavy atom. The highest BCUT2D eigenvalue weighted by Gasteiger charge is 2.65. The molecule has 0 saturated heterocycles. The summed E-state index contributed by atoms with van der Waals surface area (Å²) in [6.45, 7) is 11.2. The third kappa shape index (κ3) is 8.56. The van der Waals surface area contributed by atoms with E-state index in [4.69, 9.17) is 24.2 Å². The Hall–Kier alpha value is -4.96. The maximum absolute atomic E-state index is 15.1. The van der Waals surface area contributed by atoms with Crippen molar-refractivity contribution in [2.24, 2.45) is 22.9 Å². The first-order chi connectivity index (χ1) is 28.8. The van der Waals surface area contributed by atoms with Crippen LogP contribution in [0.4, 0.5) is 0 Å². The molecule has 0 aromatic heterocycles. The van der Waals surface area contributed by atoms with Gasteiger partial charge in [-0.2, -0.15) is 0 Å². The summed E-state index contributed by atoms with van der Waals surface area (Å²) in [5, 5.41) is 26.6. The number of nitrogens with zero attached hydrogens (tertiary/aromatic N) is 2. The van der Waals surface area contributed by atoms with Crippen LogP contribution in [0.15, 0.2) is 108 Å². The first kappa shape index (κ1) is 42.2. The molecule has 0 spiro atoms. The van der Waals surface area contributed by atoms with Crippen LogP contribution in [0.5, 0.6) is 17.2 Å². The number of aliphatic hydroxyl groups excluding tert-OH is 2. The third-order valence-corrected chi connectivity index (χ3v) is 12.7. The normalized spacial score (nSPS) is 23.8. The minimum Gasteiger partial charge on any atom is -0.459 e. The van der Waals surface area contributed by atoms with E-state index in [1.54, 1.807) is 13.2 Å². The lowest BCUT2D eigenvalue weighted by molar-refractivity contribution is -0.254. The van der Waals surface area contributed by atoms with Gasteiger partial charge in [-0.3, -0.25) is 4.79 Å². The number of oxime groups is 1. The lowest BCUT2D eigenvalue weighted by atomic mass is 9.55. The first-order valence-corrected chi connectivity index (χ1v) is 21.4. The predicted molar refractivity (Wildman–Crippen MR) is 233 cm³/mol. The number of benzene rings is 4. The van der Waals surface area contributed by atoms with Gasteiger partial charge in [0, 0.05) is 43.2 Å². The summed E-state index contributed by atoms with van der Waals surface area (Å²) in [5.74, 6) is 0.430. The molecule has 7 rings (SSSR count). The maximum Gasteiger partial charge on any atom is 0.254 e. The van der Waals surface area contributed by atoms with Crippen molar-refractivity contribution in [2.75, 3.05) is 33.5 Å². The van der Waals surface area contributed by atoms with E-state index in [1.165, 1.54) is 5.56 Å². The van der Waals surface area contributed by atoms with E-state index in [0.29, 0.717) is 49.3 Å². The topological polar surface area (TPSA) is 110 Å². The number of amides is 1. The minimum absolute atomic E-state index is 0.103. The van der Waals surface area contributed by atoms with Gasteiger partial charge < -0.3 is 34.2 Å². The zero-order valence-electron chi connectivity index (χ0n) is 35.1. The highest BCUT2D eigenvalue weighted by atomic mass is 16.7. The second-order valence-corrected chi connectivity index (χ2v) is 16.4. The number of hydrogen-bond acceptors (Lipinski definition) is 8. The monoisotopic (exact) mass is 800 g/mol. The summed E-state index contributed by atoms with van der Waals surface area (Å²) >= 11 is 0. The van der Waals surface area contributed by atoms with Gasteiger partial charge in [-0.15, -0.1) is 6.58 Å². The average molecular weight is 801 g/mol. The number of fused-ring (bicyclic) bond motifs is 3. The van der Waals surface area contributed by atoms with Crippen LogP contribution in [-0.2, 0) is 9.57 Å². The molecule has 4 aromatic carbocycles. The van der Waals surface area contributed by atoms with E-state index >= 15 is 4.79 Å². The highest BCUT2D eigenvalue weighted by Crippen LogP contribution is 2.62. The van der Waals surface area contributed by atoms with Crippen LogP contribution >= 0.6 is 0 Å². The van der Waals surface area contributed by atoms with Crippen LogP contribution in [0.2, 0.25) is 0 Å². The maximum atomic E-state index is 15.1. The third-order valence-electron chi connectivity index (χ3n) is 12.7. The number of hydrogen-bond donors (Lipinski definition) is 2. The molecule has 2 aliphatic carbocycles. The van der Waals surface area contributed by atoms with Gasteiger partial charge in [0.1, 0.15) is 30.4 Å². The summed E-state index contributed by atoms with van der Waals surface area (Å²) in [5.41, 5.74) is 5.73. The van der Waals surface area contributed by atoms with Crippen molar-refractivity contribution in [3.63, 3.8) is 0 Å². The highest BCUT2D eigenvalue weighted by molar-refractivity contribution is 6.04. The molecule has 0 bridgehead atoms. The van der Waals surface area contributed by atoms with Crippen molar-refractivity contribution in [1.82, 2.24) is 4.90 Å². The van der Waals surface area contributed by atoms with Crippen molar-refractivity contribution in [3.8, 4) is 17.2 Å². The number of allylic oxidation sites excluding steroid dienone is 1. The summed E-state index contributed by atoms with van der Waals surface area (Å²) in [6, 6.07) is 25.6. The lowest BCUT2D eigenvalue weighted by Gasteiger charge is -2.60. The summed E-state index contributed by atoms with van der Waals surface area (Å²) in [4.78, 5) is 22.6. The van der Waals surface area contributed by atoms with Crippen molar-refractivity contribution in [3.05, 3.63) is 125 Å². The van der Waals surface area contributed by atoms with Gasteiger partial charge in [0.2, 0.25) is 5.79 Å². The number of ether oxygens (including phenoxy) is 3. The number of aliphatic hydroxyl groups is 2. The van der Waals surface area contributed by atoms with Gasteiger partial charge >= 0.3 is 0 Å². The Bertz CT molecular complexity index is 2180. The standard InChI is InChI=1S/C50H60N2O7/c1-6-24-52(49(55)38-20-19-35-14-8-9-15-36(35)29-38)46-32-44(51-56-5)42-30-37(16-10-12-25-53)41(17-11-13-26-54)47-43-31-40(58-39-21-18-33(3)34(4)28-39)22-23-45(43)59-50(46,48(42)47)57-27-7-2/h7-9,14-15,18-23,28-31,37,41,46-48,53-54H,2,6,10-13,16-17,24-27,32H2,1,3-5H3. The Balaban J connectivity index is 1.43. The van der Waals surface area contributed by atoms with Crippen molar-refractivity contribution >= 4 is 22.4 Å². The van der Waals surface area contributed by atoms with Gasteiger partial charge in [-0.1, -0.05) is 73.5 Å². The number of carbonyl (C=O) groups is 1. The van der Waals surface area contributed by atoms with Gasteiger partial charge in [0.05, 0.1) is 18.2 Å². The Labute approximate surface area is 349 Å². The molecule has 0 radical (unpaired) electrons. The van der Waals surface area contributed by atoms with E-state index in [1.807, 2.05) is 59.5 Å². The molecule has 59 heavy (non-hydrogen) atoms. The van der Waals surface area contributed by atoms with Crippen LogP contribution in [0.1, 0.15) is 91.3 Å². The molecule has 1 heterocycles. The fourth-order valence-electron chi connectivity index (χ4n) is 9.86. The second kappa shape index (κ2) is 19.0. The predicted octanol–water partition coefficient (Wildman–Crippen LogP) is 10.1. The van der Waals surface area contributed by atoms with Crippen LogP contribution in [-0.4, -0.2) is 72.0 Å². The zero-order valence-corrected chi connectivity index (χ0v) is 35.1. The summed E-state index contributed by atoms with van der Waals surface area (Å²) in [6.07, 6.45) is 10.00. The van der Waals surface area contributed by atoms with Crippen molar-refractivity contribution in [1.29, 1.82) is 0 Å². The molecule has 6 atom stereocenters. The molecule has 2 N–H and O–H groups in total. The van der Waals surface area contributed by atoms with Gasteiger partial charge in [0.15, 0.2) is 0 Å². The van der Waals surface area contributed by atoms with Gasteiger partial charge in [-0.05, 0) is 128 Å². The molecule has 1 aliphatic heterocycles. The van der Waals surface area contributed by atoms with Gasteiger partial charge in [0.25, 0.3) is 5.91 Å². The molecular weight excluding hydrogens is 741 g/mol. The first-order valence-electron chi connectivity index (χ1n) is 21.4. The molecule has 3 aliphatic rings. The second-order valence-electron chi connectivity index (χ2n) is 16.4. The van der Waals surface area contributed by atoms with E-state index < -0.39 is 17.7 Å². The van der Waals surface area contributed by atoms with E-state index in [0.717, 1.165) is 64.6 Å². The molecule has 1 fully saturated rings.